The van der Waals surface area contributed by atoms with E-state index in [1.54, 1.807) is 0 Å². The number of hydrogen-bond donors (Lipinski definition) is 3. The van der Waals surface area contributed by atoms with Crippen LogP contribution in [0.3, 0.4) is 0 Å². The first-order valence-corrected chi connectivity index (χ1v) is 7.21. The zero-order valence-electron chi connectivity index (χ0n) is 12.2. The van der Waals surface area contributed by atoms with Gasteiger partial charge >= 0.3 is 0 Å². The molecule has 0 amide bonds. The largest absolute Gasteiger partial charge is 0.399 e. The summed E-state index contributed by atoms with van der Waals surface area (Å²) < 4.78 is 0. The van der Waals surface area contributed by atoms with E-state index in [1.807, 2.05) is 60.7 Å². The second-order valence-corrected chi connectivity index (χ2v) is 5.37. The van der Waals surface area contributed by atoms with Crippen molar-refractivity contribution in [1.82, 2.24) is 0 Å². The number of benzene rings is 3. The van der Waals surface area contributed by atoms with Gasteiger partial charge in [-0.2, -0.15) is 0 Å². The van der Waals surface area contributed by atoms with Crippen molar-refractivity contribution in [3.05, 3.63) is 60.7 Å². The van der Waals surface area contributed by atoms with Crippen LogP contribution in [-0.2, 0) is 4.99 Å². The van der Waals surface area contributed by atoms with Crippen molar-refractivity contribution < 1.29 is 9.88 Å². The Hall–Kier alpha value is -3.18. The van der Waals surface area contributed by atoms with E-state index < -0.39 is 0 Å². The molecule has 0 fully saturated rings. The van der Waals surface area contributed by atoms with Crippen LogP contribution in [0.4, 0.5) is 17.1 Å². The molecule has 3 aromatic carbocycles. The van der Waals surface area contributed by atoms with Crippen molar-refractivity contribution in [3.8, 4) is 28.0 Å². The summed E-state index contributed by atoms with van der Waals surface area (Å²) in [5.74, 6) is 0.649. The van der Waals surface area contributed by atoms with E-state index in [0.29, 0.717) is 5.75 Å². The third kappa shape index (κ3) is 2.33. The Kier molecular flexibility index (Phi) is 3.06. The molecule has 5 nitrogen and oxygen atoms in total. The van der Waals surface area contributed by atoms with Crippen molar-refractivity contribution in [3.63, 3.8) is 0 Å². The van der Waals surface area contributed by atoms with E-state index in [2.05, 4.69) is 5.48 Å². The lowest BCUT2D eigenvalue weighted by molar-refractivity contribution is -0.160. The third-order valence-corrected chi connectivity index (χ3v) is 3.86. The molecular weight excluding hydrogens is 290 g/mol. The van der Waals surface area contributed by atoms with Crippen LogP contribution < -0.4 is 21.8 Å². The Morgan fingerprint density at radius 1 is 0.696 bits per heavy atom. The van der Waals surface area contributed by atoms with E-state index in [1.165, 1.54) is 0 Å². The van der Waals surface area contributed by atoms with Crippen LogP contribution >= 0.6 is 0 Å². The van der Waals surface area contributed by atoms with Gasteiger partial charge in [0.25, 0.3) is 0 Å². The number of anilines is 3. The molecule has 0 aromatic heterocycles. The average molecular weight is 305 g/mol. The van der Waals surface area contributed by atoms with Gasteiger partial charge in [-0.1, -0.05) is 29.3 Å². The van der Waals surface area contributed by atoms with E-state index >= 15 is 0 Å². The van der Waals surface area contributed by atoms with Crippen molar-refractivity contribution in [1.29, 1.82) is 0 Å². The van der Waals surface area contributed by atoms with Gasteiger partial charge in [0.15, 0.2) is 5.75 Å². The fraction of sp³-hybridized carbons (Fsp3) is 0. The minimum absolute atomic E-state index is 0.649. The van der Waals surface area contributed by atoms with Crippen molar-refractivity contribution >= 4 is 17.1 Å². The predicted molar refractivity (Wildman–Crippen MR) is 91.5 cm³/mol. The summed E-state index contributed by atoms with van der Waals surface area (Å²) in [5, 5.41) is 0. The standard InChI is InChI=1S/C18H15N3O2/c19-13-5-1-11(2-6-13)15-9-10-16-18(21-23-22-16)17(15)12-3-7-14(20)8-4-12/h1-10,21H,19-20H2. The van der Waals surface area contributed by atoms with Crippen LogP contribution in [0, 0.1) is 0 Å². The quantitative estimate of drug-likeness (QED) is 0.495. The highest BCUT2D eigenvalue weighted by Gasteiger charge is 2.22. The summed E-state index contributed by atoms with van der Waals surface area (Å²) in [6, 6.07) is 19.3. The molecule has 0 saturated heterocycles. The highest BCUT2D eigenvalue weighted by Crippen LogP contribution is 2.45. The molecule has 3 aromatic rings. The molecule has 1 aliphatic rings. The minimum Gasteiger partial charge on any atom is -0.399 e. The summed E-state index contributed by atoms with van der Waals surface area (Å²) in [6.45, 7) is 0. The molecule has 0 radical (unpaired) electrons. The Morgan fingerprint density at radius 2 is 1.30 bits per heavy atom. The number of nitrogens with one attached hydrogen (secondary N) is 1. The first kappa shape index (κ1) is 13.5. The number of fused-ring (bicyclic) bond motifs is 1. The summed E-state index contributed by atoms with van der Waals surface area (Å²) >= 11 is 0. The van der Waals surface area contributed by atoms with Gasteiger partial charge in [0.05, 0.1) is 0 Å². The summed E-state index contributed by atoms with van der Waals surface area (Å²) in [6.07, 6.45) is 0. The SMILES string of the molecule is Nc1ccc(-c2ccc3c(c2-c2ccc(N)cc2)NOO3)cc1. The highest BCUT2D eigenvalue weighted by molar-refractivity contribution is 5.95. The van der Waals surface area contributed by atoms with E-state index in [4.69, 9.17) is 21.3 Å². The monoisotopic (exact) mass is 305 g/mol. The molecule has 0 aliphatic carbocycles. The first-order chi connectivity index (χ1) is 11.2. The fourth-order valence-corrected chi connectivity index (χ4v) is 2.71. The number of rotatable bonds is 2. The van der Waals surface area contributed by atoms with Crippen molar-refractivity contribution in [2.24, 2.45) is 0 Å². The molecule has 0 spiro atoms. The first-order valence-electron chi connectivity index (χ1n) is 7.21. The van der Waals surface area contributed by atoms with Crippen LogP contribution in [-0.4, -0.2) is 0 Å². The fourth-order valence-electron chi connectivity index (χ4n) is 2.71. The summed E-state index contributed by atoms with van der Waals surface area (Å²) in [7, 11) is 0. The van der Waals surface area contributed by atoms with Crippen LogP contribution in [0.5, 0.6) is 5.75 Å². The van der Waals surface area contributed by atoms with Gasteiger partial charge in [0.2, 0.25) is 0 Å². The molecule has 1 heterocycles. The molecule has 114 valence electrons. The maximum atomic E-state index is 5.80. The van der Waals surface area contributed by atoms with Gasteiger partial charge in [-0.3, -0.25) is 0 Å². The molecular formula is C18H15N3O2. The van der Waals surface area contributed by atoms with Gasteiger partial charge in [0, 0.05) is 16.9 Å². The lowest BCUT2D eigenvalue weighted by atomic mass is 9.92. The predicted octanol–water partition coefficient (Wildman–Crippen LogP) is 3.84. The average Bonchev–Trinajstić information content (AvgIpc) is 3.04. The number of nitrogens with two attached hydrogens (primary N) is 2. The molecule has 0 unspecified atom stereocenters. The van der Waals surface area contributed by atoms with Crippen LogP contribution in [0.2, 0.25) is 0 Å². The van der Waals surface area contributed by atoms with E-state index in [9.17, 15) is 0 Å². The van der Waals surface area contributed by atoms with Gasteiger partial charge in [-0.25, -0.2) is 5.48 Å². The zero-order valence-corrected chi connectivity index (χ0v) is 12.2. The summed E-state index contributed by atoms with van der Waals surface area (Å²) in [5.41, 5.74) is 20.8. The molecule has 1 aliphatic heterocycles. The van der Waals surface area contributed by atoms with Crippen LogP contribution in [0.1, 0.15) is 0 Å². The molecule has 0 atom stereocenters. The van der Waals surface area contributed by atoms with Crippen LogP contribution in [0.25, 0.3) is 22.3 Å². The normalized spacial score (nSPS) is 12.3. The molecule has 23 heavy (non-hydrogen) atoms. The second kappa shape index (κ2) is 5.23. The number of nitrogen functional groups attached to an aromatic ring is 2. The minimum atomic E-state index is 0.649. The Bertz CT molecular complexity index is 859. The molecule has 4 rings (SSSR count). The van der Waals surface area contributed by atoms with Crippen molar-refractivity contribution in [2.45, 2.75) is 0 Å². The Labute approximate surface area is 133 Å². The van der Waals surface area contributed by atoms with Crippen LogP contribution in [0.15, 0.2) is 60.7 Å². The summed E-state index contributed by atoms with van der Waals surface area (Å²) in [4.78, 5) is 10.1. The van der Waals surface area contributed by atoms with Gasteiger partial charge in [-0.05, 0) is 53.1 Å². The van der Waals surface area contributed by atoms with E-state index in [-0.39, 0.29) is 0 Å². The maximum absolute atomic E-state index is 5.80. The Balaban J connectivity index is 1.96. The zero-order chi connectivity index (χ0) is 15.8. The van der Waals surface area contributed by atoms with Gasteiger partial charge in [-0.15, -0.1) is 0 Å². The highest BCUT2D eigenvalue weighted by atomic mass is 17.3. The van der Waals surface area contributed by atoms with Crippen molar-refractivity contribution in [2.75, 3.05) is 16.9 Å². The Morgan fingerprint density at radius 3 is 1.96 bits per heavy atom. The maximum Gasteiger partial charge on any atom is 0.194 e. The molecule has 5 heteroatoms. The number of hydrogen-bond acceptors (Lipinski definition) is 5. The molecule has 0 saturated carbocycles. The topological polar surface area (TPSA) is 82.5 Å². The lowest BCUT2D eigenvalue weighted by Gasteiger charge is -2.13. The second-order valence-electron chi connectivity index (χ2n) is 5.37. The molecule has 5 N–H and O–H groups in total. The van der Waals surface area contributed by atoms with E-state index in [0.717, 1.165) is 39.3 Å². The van der Waals surface area contributed by atoms with Gasteiger partial charge in [0.1, 0.15) is 5.69 Å². The lowest BCUT2D eigenvalue weighted by Crippen LogP contribution is -1.95. The van der Waals surface area contributed by atoms with Gasteiger partial charge < -0.3 is 16.4 Å². The smallest absolute Gasteiger partial charge is 0.194 e. The molecule has 0 bridgehead atoms. The third-order valence-electron chi connectivity index (χ3n) is 3.86.